The number of rotatable bonds is 8. The van der Waals surface area contributed by atoms with Crippen LogP contribution in [0.4, 0.5) is 0 Å². The zero-order valence-corrected chi connectivity index (χ0v) is 18.3. The van der Waals surface area contributed by atoms with Crippen molar-refractivity contribution in [2.24, 2.45) is 23.7 Å². The van der Waals surface area contributed by atoms with E-state index in [-0.39, 0.29) is 11.8 Å². The molecule has 2 saturated heterocycles. The third kappa shape index (κ3) is 6.66. The molecule has 10 heteroatoms. The number of aromatic nitrogens is 3. The number of carbonyl (C=O) groups is 1. The molecule has 1 aromatic rings. The number of nitrogens with one attached hydrogen (secondary N) is 1. The molecule has 3 rings (SSSR count). The highest BCUT2D eigenvalue weighted by molar-refractivity contribution is 5.80. The zero-order valence-electron chi connectivity index (χ0n) is 18.3. The molecule has 2 aliphatic heterocycles. The smallest absolute Gasteiger partial charge is 0.217 e. The number of guanidine groups is 1. The largest absolute Gasteiger partial charge is 0.379 e. The highest BCUT2D eigenvalue weighted by atomic mass is 16.5. The Morgan fingerprint density at radius 3 is 2.80 bits per heavy atom. The molecule has 0 saturated carbocycles. The van der Waals surface area contributed by atoms with Gasteiger partial charge in [0.15, 0.2) is 11.8 Å². The fourth-order valence-corrected chi connectivity index (χ4v) is 4.04. The summed E-state index contributed by atoms with van der Waals surface area (Å²) in [5.41, 5.74) is 5.43. The van der Waals surface area contributed by atoms with Gasteiger partial charge in [-0.25, -0.2) is 4.99 Å². The lowest BCUT2D eigenvalue weighted by Crippen LogP contribution is -2.48. The number of hydrogen-bond donors (Lipinski definition) is 2. The SMILES string of the molecule is Cc1nnc(CN=C(NCCCN2CCOCC2)N2CCCC(CC(N)=O)C2)n1C. The second-order valence-electron chi connectivity index (χ2n) is 8.22. The van der Waals surface area contributed by atoms with Crippen LogP contribution in [0.25, 0.3) is 0 Å². The predicted octanol–water partition coefficient (Wildman–Crippen LogP) is -0.121. The number of morpholine rings is 1. The highest BCUT2D eigenvalue weighted by Gasteiger charge is 2.24. The van der Waals surface area contributed by atoms with E-state index in [1.54, 1.807) is 0 Å². The first kappa shape index (κ1) is 22.5. The molecule has 168 valence electrons. The summed E-state index contributed by atoms with van der Waals surface area (Å²) in [5, 5.41) is 11.9. The van der Waals surface area contributed by atoms with Crippen LogP contribution >= 0.6 is 0 Å². The number of amides is 1. The van der Waals surface area contributed by atoms with Gasteiger partial charge in [-0.05, 0) is 38.6 Å². The molecular formula is C20H36N8O2. The Hall–Kier alpha value is -2.20. The summed E-state index contributed by atoms with van der Waals surface area (Å²) < 4.78 is 7.38. The molecule has 2 aliphatic rings. The van der Waals surface area contributed by atoms with Gasteiger partial charge in [-0.3, -0.25) is 9.69 Å². The van der Waals surface area contributed by atoms with Crippen molar-refractivity contribution in [3.8, 4) is 0 Å². The van der Waals surface area contributed by atoms with Gasteiger partial charge in [-0.15, -0.1) is 10.2 Å². The highest BCUT2D eigenvalue weighted by Crippen LogP contribution is 2.19. The van der Waals surface area contributed by atoms with Crippen LogP contribution in [0.3, 0.4) is 0 Å². The fourth-order valence-electron chi connectivity index (χ4n) is 4.04. The summed E-state index contributed by atoms with van der Waals surface area (Å²) in [5.74, 6) is 2.65. The molecule has 0 spiro atoms. The van der Waals surface area contributed by atoms with Crippen LogP contribution < -0.4 is 11.1 Å². The Bertz CT molecular complexity index is 714. The molecule has 3 N–H and O–H groups in total. The number of nitrogens with two attached hydrogens (primary N) is 1. The molecule has 1 amide bonds. The van der Waals surface area contributed by atoms with E-state index >= 15 is 0 Å². The van der Waals surface area contributed by atoms with Gasteiger partial charge in [0.05, 0.1) is 13.2 Å². The van der Waals surface area contributed by atoms with Crippen molar-refractivity contribution in [3.63, 3.8) is 0 Å². The molecule has 1 unspecified atom stereocenters. The maximum absolute atomic E-state index is 11.4. The topological polar surface area (TPSA) is 114 Å². The van der Waals surface area contributed by atoms with Gasteiger partial charge in [-0.1, -0.05) is 0 Å². The number of nitrogens with zero attached hydrogens (tertiary/aromatic N) is 6. The average Bonchev–Trinajstić information content (AvgIpc) is 3.06. The van der Waals surface area contributed by atoms with Crippen molar-refractivity contribution in [3.05, 3.63) is 11.6 Å². The molecule has 3 heterocycles. The van der Waals surface area contributed by atoms with Gasteiger partial charge < -0.3 is 25.3 Å². The van der Waals surface area contributed by atoms with Crippen LogP contribution in [-0.4, -0.2) is 88.9 Å². The van der Waals surface area contributed by atoms with E-state index in [9.17, 15) is 4.79 Å². The third-order valence-corrected chi connectivity index (χ3v) is 5.90. The van der Waals surface area contributed by atoms with Gasteiger partial charge in [0.25, 0.3) is 0 Å². The molecule has 0 aromatic carbocycles. The summed E-state index contributed by atoms with van der Waals surface area (Å²) >= 11 is 0. The summed E-state index contributed by atoms with van der Waals surface area (Å²) in [6.45, 7) is 9.71. The molecule has 2 fully saturated rings. The summed E-state index contributed by atoms with van der Waals surface area (Å²) in [7, 11) is 1.96. The lowest BCUT2D eigenvalue weighted by Gasteiger charge is -2.35. The van der Waals surface area contributed by atoms with Gasteiger partial charge in [-0.2, -0.15) is 0 Å². The van der Waals surface area contributed by atoms with Crippen LogP contribution in [0.5, 0.6) is 0 Å². The molecule has 1 atom stereocenters. The minimum absolute atomic E-state index is 0.228. The average molecular weight is 421 g/mol. The Balaban J connectivity index is 1.59. The van der Waals surface area contributed by atoms with Gasteiger partial charge in [0, 0.05) is 46.2 Å². The van der Waals surface area contributed by atoms with Crippen LogP contribution in [-0.2, 0) is 23.1 Å². The second-order valence-corrected chi connectivity index (χ2v) is 8.22. The van der Waals surface area contributed by atoms with E-state index in [4.69, 9.17) is 15.5 Å². The molecule has 30 heavy (non-hydrogen) atoms. The summed E-state index contributed by atoms with van der Waals surface area (Å²) in [4.78, 5) is 20.9. The van der Waals surface area contributed by atoms with E-state index in [0.29, 0.717) is 13.0 Å². The van der Waals surface area contributed by atoms with Crippen LogP contribution in [0.2, 0.25) is 0 Å². The zero-order chi connectivity index (χ0) is 21.3. The fraction of sp³-hybridized carbons (Fsp3) is 0.800. The Morgan fingerprint density at radius 2 is 2.10 bits per heavy atom. The van der Waals surface area contributed by atoms with Gasteiger partial charge in [0.1, 0.15) is 12.4 Å². The van der Waals surface area contributed by atoms with Crippen molar-refractivity contribution < 1.29 is 9.53 Å². The number of hydrogen-bond acceptors (Lipinski definition) is 6. The Kier molecular flexibility index (Phi) is 8.44. The van der Waals surface area contributed by atoms with Crippen molar-refractivity contribution in [1.29, 1.82) is 0 Å². The predicted molar refractivity (Wildman–Crippen MR) is 115 cm³/mol. The number of primary amides is 1. The summed E-state index contributed by atoms with van der Waals surface area (Å²) in [6.07, 6.45) is 3.55. The Morgan fingerprint density at radius 1 is 1.30 bits per heavy atom. The summed E-state index contributed by atoms with van der Waals surface area (Å²) in [6, 6.07) is 0. The number of aryl methyl sites for hydroxylation is 1. The maximum Gasteiger partial charge on any atom is 0.217 e. The molecular weight excluding hydrogens is 384 g/mol. The molecule has 10 nitrogen and oxygen atoms in total. The number of piperidine rings is 1. The number of likely N-dealkylation sites (tertiary alicyclic amines) is 1. The molecule has 0 radical (unpaired) electrons. The van der Waals surface area contributed by atoms with Crippen molar-refractivity contribution >= 4 is 11.9 Å². The van der Waals surface area contributed by atoms with E-state index in [2.05, 4.69) is 25.3 Å². The number of ether oxygens (including phenoxy) is 1. The standard InChI is InChI=1S/C20H36N8O2/c1-16-24-25-19(26(16)2)14-23-20(22-6-4-7-27-9-11-30-12-10-27)28-8-3-5-17(15-28)13-18(21)29/h17H,3-15H2,1-2H3,(H2,21,29)(H,22,23). The maximum atomic E-state index is 11.4. The van der Waals surface area contributed by atoms with E-state index in [1.165, 1.54) is 0 Å². The molecule has 1 aromatic heterocycles. The Labute approximate surface area is 178 Å². The van der Waals surface area contributed by atoms with Crippen molar-refractivity contribution in [2.75, 3.05) is 52.5 Å². The normalized spacial score (nSPS) is 21.1. The minimum atomic E-state index is -0.228. The van der Waals surface area contributed by atoms with Crippen LogP contribution in [0.1, 0.15) is 37.3 Å². The number of aliphatic imine (C=N–C) groups is 1. The first-order valence-corrected chi connectivity index (χ1v) is 11.0. The molecule has 0 aliphatic carbocycles. The third-order valence-electron chi connectivity index (χ3n) is 5.90. The van der Waals surface area contributed by atoms with Crippen molar-refractivity contribution in [1.82, 2.24) is 29.9 Å². The number of carbonyl (C=O) groups excluding carboxylic acids is 1. The lowest BCUT2D eigenvalue weighted by molar-refractivity contribution is -0.119. The second kappa shape index (κ2) is 11.3. The first-order valence-electron chi connectivity index (χ1n) is 11.0. The van der Waals surface area contributed by atoms with E-state index in [0.717, 1.165) is 89.4 Å². The van der Waals surface area contributed by atoms with E-state index in [1.807, 2.05) is 18.5 Å². The quantitative estimate of drug-likeness (QED) is 0.342. The minimum Gasteiger partial charge on any atom is -0.379 e. The monoisotopic (exact) mass is 420 g/mol. The van der Waals surface area contributed by atoms with E-state index < -0.39 is 0 Å². The van der Waals surface area contributed by atoms with Gasteiger partial charge in [0.2, 0.25) is 5.91 Å². The van der Waals surface area contributed by atoms with Crippen LogP contribution in [0, 0.1) is 12.8 Å². The molecule has 0 bridgehead atoms. The van der Waals surface area contributed by atoms with Crippen LogP contribution in [0.15, 0.2) is 4.99 Å². The lowest BCUT2D eigenvalue weighted by atomic mass is 9.95. The van der Waals surface area contributed by atoms with Crippen molar-refractivity contribution in [2.45, 2.75) is 39.2 Å². The van der Waals surface area contributed by atoms with Gasteiger partial charge >= 0.3 is 0 Å². The first-order chi connectivity index (χ1) is 14.5.